The van der Waals surface area contributed by atoms with Gasteiger partial charge in [-0.2, -0.15) is 0 Å². The van der Waals surface area contributed by atoms with Gasteiger partial charge in [-0.05, 0) is 22.2 Å². The second-order valence-electron chi connectivity index (χ2n) is 10.4. The summed E-state index contributed by atoms with van der Waals surface area (Å²) in [5.41, 5.74) is 0.650. The Morgan fingerprint density at radius 3 is 2.03 bits per heavy atom. The van der Waals surface area contributed by atoms with Crippen molar-refractivity contribution in [2.24, 2.45) is 7.05 Å². The third-order valence-corrected chi connectivity index (χ3v) is 17.4. The molecule has 0 spiro atoms. The number of nitrogens with zero attached hydrogens (tertiary/aromatic N) is 1. The maximum absolute atomic E-state index is 12.7. The van der Waals surface area contributed by atoms with E-state index < -0.39 is 28.9 Å². The average Bonchev–Trinajstić information content (AvgIpc) is 3.07. The molecule has 1 aromatic rings. The molecule has 0 amide bonds. The normalized spacial score (nSPS) is 27.7. The van der Waals surface area contributed by atoms with E-state index in [9.17, 15) is 9.59 Å². The Labute approximate surface area is 193 Å². The van der Waals surface area contributed by atoms with Gasteiger partial charge in [-0.1, -0.05) is 55.4 Å². The summed E-state index contributed by atoms with van der Waals surface area (Å²) in [4.78, 5) is 27.2. The van der Waals surface area contributed by atoms with E-state index in [1.165, 1.54) is 13.2 Å². The van der Waals surface area contributed by atoms with Crippen molar-refractivity contribution in [1.29, 1.82) is 0 Å². The van der Waals surface area contributed by atoms with Gasteiger partial charge >= 0.3 is 22.8 Å². The Hall–Kier alpha value is -1.05. The van der Waals surface area contributed by atoms with Crippen molar-refractivity contribution in [3.8, 4) is 0 Å². The van der Waals surface area contributed by atoms with Crippen LogP contribution in [-0.2, 0) is 24.8 Å². The zero-order valence-electron chi connectivity index (χ0n) is 20.9. The number of H-pyrrole nitrogens is 1. The van der Waals surface area contributed by atoms with Crippen LogP contribution in [0.15, 0.2) is 15.8 Å². The lowest BCUT2D eigenvalue weighted by Crippen LogP contribution is -2.65. The molecule has 2 saturated heterocycles. The van der Waals surface area contributed by atoms with Gasteiger partial charge in [-0.15, -0.1) is 0 Å². The molecule has 2 aliphatic heterocycles. The van der Waals surface area contributed by atoms with Gasteiger partial charge in [0.2, 0.25) is 0 Å². The molecule has 0 saturated carbocycles. The molecule has 8 nitrogen and oxygen atoms in total. The summed E-state index contributed by atoms with van der Waals surface area (Å²) in [6.07, 6.45) is 1.05. The quantitative estimate of drug-likeness (QED) is 0.638. The fourth-order valence-corrected chi connectivity index (χ4v) is 16.4. The molecule has 1 N–H and O–H groups in total. The first-order valence-electron chi connectivity index (χ1n) is 11.8. The molecule has 182 valence electrons. The van der Waals surface area contributed by atoms with E-state index in [2.05, 4.69) is 60.4 Å². The Morgan fingerprint density at radius 2 is 1.50 bits per heavy atom. The number of rotatable bonds is 5. The standard InChI is InChI=1S/C22H40N2O6Si2/c1-13(2)31(14(3)4)27-12-20-19(29-32(30-31,15(5)6)16(7)8)10-18(28-20)17-11-23-22(26)24(9)21(17)25/h11,13-16,18-20H,10,12H2,1-9H3,(H,23,26)/t18-,19+,20-/m1/s1. The average molecular weight is 485 g/mol. The predicted octanol–water partition coefficient (Wildman–Crippen LogP) is 3.86. The maximum atomic E-state index is 12.7. The highest BCUT2D eigenvalue weighted by molar-refractivity contribution is 6.83. The van der Waals surface area contributed by atoms with Crippen molar-refractivity contribution >= 4 is 17.1 Å². The van der Waals surface area contributed by atoms with Gasteiger partial charge in [0, 0.05) is 19.7 Å². The molecule has 3 atom stereocenters. The fourth-order valence-electron chi connectivity index (χ4n) is 5.16. The molecule has 0 unspecified atom stereocenters. The lowest BCUT2D eigenvalue weighted by Gasteiger charge is -2.51. The van der Waals surface area contributed by atoms with E-state index in [4.69, 9.17) is 17.7 Å². The van der Waals surface area contributed by atoms with E-state index in [1.807, 2.05) is 0 Å². The van der Waals surface area contributed by atoms with Gasteiger partial charge in [0.1, 0.15) is 6.10 Å². The van der Waals surface area contributed by atoms with E-state index >= 15 is 0 Å². The van der Waals surface area contributed by atoms with Crippen LogP contribution in [-0.4, -0.2) is 45.5 Å². The summed E-state index contributed by atoms with van der Waals surface area (Å²) in [6.45, 7) is 17.9. The second-order valence-corrected chi connectivity index (χ2v) is 19.3. The first-order valence-corrected chi connectivity index (χ1v) is 15.8. The Balaban J connectivity index is 2.04. The first-order chi connectivity index (χ1) is 14.9. The zero-order chi connectivity index (χ0) is 24.0. The van der Waals surface area contributed by atoms with Crippen LogP contribution in [0.25, 0.3) is 0 Å². The second kappa shape index (κ2) is 9.30. The third-order valence-electron chi connectivity index (χ3n) is 7.10. The minimum absolute atomic E-state index is 0.223. The predicted molar refractivity (Wildman–Crippen MR) is 128 cm³/mol. The highest BCUT2D eigenvalue weighted by Crippen LogP contribution is 2.48. The SMILES string of the molecule is CC(C)[Si]1(C(C)C)OC[C@H]2O[C@@H](c3c[nH]c(=O)n(C)c3=O)C[C@@H]2O[Si](C(C)C)(C(C)C)O1. The van der Waals surface area contributed by atoms with Crippen molar-refractivity contribution in [2.75, 3.05) is 6.61 Å². The monoisotopic (exact) mass is 484 g/mol. The number of ether oxygens (including phenoxy) is 1. The van der Waals surface area contributed by atoms with Crippen LogP contribution in [0.4, 0.5) is 0 Å². The molecular formula is C22H40N2O6Si2. The number of aromatic amines is 1. The van der Waals surface area contributed by atoms with Gasteiger partial charge in [0.25, 0.3) is 5.56 Å². The Bertz CT molecular complexity index is 910. The summed E-state index contributed by atoms with van der Waals surface area (Å²) in [6, 6.07) is 0. The number of fused-ring (bicyclic) bond motifs is 1. The zero-order valence-corrected chi connectivity index (χ0v) is 22.9. The van der Waals surface area contributed by atoms with Crippen LogP contribution in [0.3, 0.4) is 0 Å². The van der Waals surface area contributed by atoms with Crippen LogP contribution in [0.1, 0.15) is 73.5 Å². The molecule has 1 aromatic heterocycles. The summed E-state index contributed by atoms with van der Waals surface area (Å²) >= 11 is 0. The highest BCUT2D eigenvalue weighted by Gasteiger charge is 2.60. The van der Waals surface area contributed by atoms with E-state index in [1.54, 1.807) is 0 Å². The van der Waals surface area contributed by atoms with Gasteiger partial charge < -0.3 is 22.7 Å². The van der Waals surface area contributed by atoms with Gasteiger partial charge in [-0.25, -0.2) is 4.79 Å². The summed E-state index contributed by atoms with van der Waals surface area (Å²) in [7, 11) is -3.87. The highest BCUT2D eigenvalue weighted by atomic mass is 28.5. The number of hydrogen-bond donors (Lipinski definition) is 1. The van der Waals surface area contributed by atoms with E-state index in [0.717, 1.165) is 4.57 Å². The lowest BCUT2D eigenvalue weighted by atomic mass is 10.1. The van der Waals surface area contributed by atoms with Crippen LogP contribution in [0.5, 0.6) is 0 Å². The largest absolute Gasteiger partial charge is 0.414 e. The molecule has 2 aliphatic rings. The topological polar surface area (TPSA) is 91.8 Å². The first kappa shape index (κ1) is 25.6. The minimum Gasteiger partial charge on any atom is -0.414 e. The van der Waals surface area contributed by atoms with Crippen molar-refractivity contribution in [3.05, 3.63) is 32.6 Å². The fraction of sp³-hybridized carbons (Fsp3) is 0.818. The summed E-state index contributed by atoms with van der Waals surface area (Å²) in [5.74, 6) is 0. The number of hydrogen-bond acceptors (Lipinski definition) is 6. The maximum Gasteiger partial charge on any atom is 0.335 e. The molecule has 32 heavy (non-hydrogen) atoms. The number of aromatic nitrogens is 2. The molecule has 3 heterocycles. The molecule has 0 aliphatic carbocycles. The molecule has 0 aromatic carbocycles. The smallest absolute Gasteiger partial charge is 0.335 e. The minimum atomic E-state index is -2.72. The molecule has 3 rings (SSSR count). The summed E-state index contributed by atoms with van der Waals surface area (Å²) in [5, 5.41) is 0. The van der Waals surface area contributed by atoms with Crippen LogP contribution in [0.2, 0.25) is 22.2 Å². The molecule has 0 radical (unpaired) electrons. The van der Waals surface area contributed by atoms with Crippen molar-refractivity contribution in [1.82, 2.24) is 9.55 Å². The Morgan fingerprint density at radius 1 is 0.938 bits per heavy atom. The van der Waals surface area contributed by atoms with Crippen LogP contribution < -0.4 is 11.2 Å². The molecule has 10 heteroatoms. The molecule has 0 bridgehead atoms. The van der Waals surface area contributed by atoms with Gasteiger partial charge in [0.15, 0.2) is 0 Å². The molecular weight excluding hydrogens is 444 g/mol. The van der Waals surface area contributed by atoms with Crippen molar-refractivity contribution in [2.45, 2.75) is 102 Å². The van der Waals surface area contributed by atoms with Crippen molar-refractivity contribution in [3.63, 3.8) is 0 Å². The molecule has 2 fully saturated rings. The number of nitrogens with one attached hydrogen (secondary N) is 1. The lowest BCUT2D eigenvalue weighted by molar-refractivity contribution is -0.0389. The van der Waals surface area contributed by atoms with E-state index in [-0.39, 0.29) is 39.9 Å². The van der Waals surface area contributed by atoms with Gasteiger partial charge in [-0.3, -0.25) is 9.36 Å². The third kappa shape index (κ3) is 4.25. The van der Waals surface area contributed by atoms with Gasteiger partial charge in [0.05, 0.1) is 24.4 Å². The van der Waals surface area contributed by atoms with Crippen LogP contribution >= 0.6 is 0 Å². The van der Waals surface area contributed by atoms with E-state index in [0.29, 0.717) is 18.6 Å². The van der Waals surface area contributed by atoms with Crippen LogP contribution in [0, 0.1) is 0 Å². The van der Waals surface area contributed by atoms with Crippen molar-refractivity contribution < 1.29 is 17.7 Å². The summed E-state index contributed by atoms with van der Waals surface area (Å²) < 4.78 is 28.4. The Kier molecular flexibility index (Phi) is 7.44.